The molecule has 21 heavy (non-hydrogen) atoms. The Morgan fingerprint density at radius 1 is 1.38 bits per heavy atom. The Labute approximate surface area is 128 Å². The van der Waals surface area contributed by atoms with E-state index >= 15 is 0 Å². The number of hydrogen-bond acceptors (Lipinski definition) is 3. The highest BCUT2D eigenvalue weighted by Crippen LogP contribution is 2.26. The van der Waals surface area contributed by atoms with Gasteiger partial charge in [0.25, 0.3) is 0 Å². The highest BCUT2D eigenvalue weighted by molar-refractivity contribution is 5.77. The number of amides is 1. The monoisotopic (exact) mass is 292 g/mol. The van der Waals surface area contributed by atoms with E-state index in [9.17, 15) is 9.90 Å². The van der Waals surface area contributed by atoms with Crippen LogP contribution in [0.5, 0.6) is 5.75 Å². The van der Waals surface area contributed by atoms with Crippen molar-refractivity contribution in [2.75, 3.05) is 6.54 Å². The third kappa shape index (κ3) is 4.74. The zero-order valence-corrected chi connectivity index (χ0v) is 13.8. The maximum atomic E-state index is 12.5. The molecule has 2 unspecified atom stereocenters. The van der Waals surface area contributed by atoms with Gasteiger partial charge in [0.1, 0.15) is 5.75 Å². The number of carbonyl (C=O) groups excluding carboxylic acids is 1. The van der Waals surface area contributed by atoms with Gasteiger partial charge < -0.3 is 15.7 Å². The van der Waals surface area contributed by atoms with E-state index < -0.39 is 0 Å². The van der Waals surface area contributed by atoms with Crippen molar-refractivity contribution >= 4 is 5.91 Å². The minimum Gasteiger partial charge on any atom is -0.508 e. The molecule has 4 heteroatoms. The summed E-state index contributed by atoms with van der Waals surface area (Å²) < 4.78 is 0. The van der Waals surface area contributed by atoms with Crippen LogP contribution in [-0.2, 0) is 4.79 Å². The lowest BCUT2D eigenvalue weighted by Gasteiger charge is -2.32. The first-order valence-electron chi connectivity index (χ1n) is 7.50. The molecule has 1 amide bonds. The van der Waals surface area contributed by atoms with E-state index in [0.717, 1.165) is 5.56 Å². The Morgan fingerprint density at radius 2 is 2.00 bits per heavy atom. The van der Waals surface area contributed by atoms with Crippen molar-refractivity contribution in [2.45, 2.75) is 53.1 Å². The molecule has 0 bridgehead atoms. The van der Waals surface area contributed by atoms with E-state index in [1.165, 1.54) is 0 Å². The molecular weight excluding hydrogens is 264 g/mol. The number of phenols is 1. The minimum absolute atomic E-state index is 0.0516. The normalized spacial score (nSPS) is 14.6. The number of phenolic OH excluding ortho intramolecular Hbond substituents is 1. The average Bonchev–Trinajstić information content (AvgIpc) is 2.38. The molecule has 1 rings (SSSR count). The Bertz CT molecular complexity index is 480. The van der Waals surface area contributed by atoms with Crippen LogP contribution in [0.3, 0.4) is 0 Å². The molecule has 0 aliphatic heterocycles. The van der Waals surface area contributed by atoms with Crippen molar-refractivity contribution in [1.82, 2.24) is 4.90 Å². The van der Waals surface area contributed by atoms with Crippen LogP contribution < -0.4 is 5.73 Å². The second-order valence-corrected chi connectivity index (χ2v) is 6.63. The molecule has 0 fully saturated rings. The molecule has 1 aromatic carbocycles. The summed E-state index contributed by atoms with van der Waals surface area (Å²) in [6, 6.07) is 6.79. The van der Waals surface area contributed by atoms with Gasteiger partial charge in [0.05, 0.1) is 6.04 Å². The van der Waals surface area contributed by atoms with Crippen molar-refractivity contribution in [3.63, 3.8) is 0 Å². The number of carbonyl (C=O) groups is 1. The van der Waals surface area contributed by atoms with Crippen molar-refractivity contribution in [1.29, 1.82) is 0 Å². The molecule has 1 aromatic rings. The van der Waals surface area contributed by atoms with Crippen LogP contribution in [0, 0.1) is 5.41 Å². The van der Waals surface area contributed by atoms with Crippen molar-refractivity contribution in [2.24, 2.45) is 11.1 Å². The fourth-order valence-electron chi connectivity index (χ4n) is 2.24. The molecule has 3 N–H and O–H groups in total. The molecule has 0 aromatic heterocycles. The average molecular weight is 292 g/mol. The number of benzene rings is 1. The van der Waals surface area contributed by atoms with Crippen LogP contribution in [0.15, 0.2) is 24.3 Å². The Morgan fingerprint density at radius 3 is 2.48 bits per heavy atom. The summed E-state index contributed by atoms with van der Waals surface area (Å²) >= 11 is 0. The second kappa shape index (κ2) is 6.94. The Hall–Kier alpha value is -1.55. The van der Waals surface area contributed by atoms with Gasteiger partial charge in [-0.2, -0.15) is 0 Å². The predicted molar refractivity (Wildman–Crippen MR) is 86.0 cm³/mol. The lowest BCUT2D eigenvalue weighted by atomic mass is 9.85. The standard InChI is InChI=1S/C17H28N2O2/c1-6-19(16(21)11-15(18)17(3,4)5)12(2)13-8-7-9-14(20)10-13/h7-10,12,15,20H,6,11,18H2,1-5H3. The Balaban J connectivity index is 2.84. The van der Waals surface area contributed by atoms with Gasteiger partial charge in [0, 0.05) is 19.0 Å². The van der Waals surface area contributed by atoms with Crippen LogP contribution in [0.4, 0.5) is 0 Å². The third-order valence-electron chi connectivity index (χ3n) is 3.99. The van der Waals surface area contributed by atoms with Gasteiger partial charge >= 0.3 is 0 Å². The molecule has 4 nitrogen and oxygen atoms in total. The minimum atomic E-state index is -0.171. The topological polar surface area (TPSA) is 66.6 Å². The van der Waals surface area contributed by atoms with Crippen LogP contribution in [-0.4, -0.2) is 28.5 Å². The number of hydrogen-bond donors (Lipinski definition) is 2. The summed E-state index contributed by atoms with van der Waals surface area (Å²) in [5, 5.41) is 9.58. The molecule has 0 aliphatic rings. The first kappa shape index (κ1) is 17.5. The largest absolute Gasteiger partial charge is 0.508 e. The van der Waals surface area contributed by atoms with Gasteiger partial charge in [-0.05, 0) is 37.0 Å². The van der Waals surface area contributed by atoms with E-state index in [2.05, 4.69) is 0 Å². The van der Waals surface area contributed by atoms with Crippen LogP contribution in [0.1, 0.15) is 52.6 Å². The molecule has 0 radical (unpaired) electrons. The summed E-state index contributed by atoms with van der Waals surface area (Å²) in [7, 11) is 0. The lowest BCUT2D eigenvalue weighted by Crippen LogP contribution is -2.42. The molecule has 0 heterocycles. The van der Waals surface area contributed by atoms with Crippen LogP contribution >= 0.6 is 0 Å². The van der Waals surface area contributed by atoms with Gasteiger partial charge in [-0.15, -0.1) is 0 Å². The predicted octanol–water partition coefficient (Wildman–Crippen LogP) is 3.07. The zero-order valence-electron chi connectivity index (χ0n) is 13.8. The summed E-state index contributed by atoms with van der Waals surface area (Å²) in [6.45, 7) is 10.7. The number of nitrogens with two attached hydrogens (primary N) is 1. The fourth-order valence-corrected chi connectivity index (χ4v) is 2.24. The van der Waals surface area contributed by atoms with Gasteiger partial charge in [0.2, 0.25) is 5.91 Å². The molecule has 2 atom stereocenters. The molecule has 0 saturated heterocycles. The highest BCUT2D eigenvalue weighted by atomic mass is 16.3. The summed E-state index contributed by atoms with van der Waals surface area (Å²) in [5.41, 5.74) is 6.95. The summed E-state index contributed by atoms with van der Waals surface area (Å²) in [4.78, 5) is 14.3. The van der Waals surface area contributed by atoms with Crippen LogP contribution in [0.25, 0.3) is 0 Å². The molecule has 0 aliphatic carbocycles. The molecular formula is C17H28N2O2. The van der Waals surface area contributed by atoms with Gasteiger partial charge in [0.15, 0.2) is 0 Å². The summed E-state index contributed by atoms with van der Waals surface area (Å²) in [5.74, 6) is 0.269. The molecule has 0 saturated carbocycles. The number of aromatic hydroxyl groups is 1. The van der Waals surface area contributed by atoms with Crippen molar-refractivity contribution < 1.29 is 9.90 Å². The van der Waals surface area contributed by atoms with E-state index in [-0.39, 0.29) is 29.2 Å². The molecule has 0 spiro atoms. The van der Waals surface area contributed by atoms with E-state index in [4.69, 9.17) is 5.73 Å². The van der Waals surface area contributed by atoms with Gasteiger partial charge in [-0.25, -0.2) is 0 Å². The quantitative estimate of drug-likeness (QED) is 0.876. The number of rotatable bonds is 5. The van der Waals surface area contributed by atoms with Crippen molar-refractivity contribution in [3.8, 4) is 5.75 Å². The summed E-state index contributed by atoms with van der Waals surface area (Å²) in [6.07, 6.45) is 0.334. The highest BCUT2D eigenvalue weighted by Gasteiger charge is 2.27. The van der Waals surface area contributed by atoms with E-state index in [1.54, 1.807) is 23.1 Å². The SMILES string of the molecule is CCN(C(=O)CC(N)C(C)(C)C)C(C)c1cccc(O)c1. The van der Waals surface area contributed by atoms with Gasteiger partial charge in [-0.1, -0.05) is 32.9 Å². The first-order chi connectivity index (χ1) is 9.66. The number of nitrogens with zero attached hydrogens (tertiary/aromatic N) is 1. The molecule has 118 valence electrons. The van der Waals surface area contributed by atoms with Crippen molar-refractivity contribution in [3.05, 3.63) is 29.8 Å². The maximum absolute atomic E-state index is 12.5. The first-order valence-corrected chi connectivity index (χ1v) is 7.50. The van der Waals surface area contributed by atoms with E-state index in [0.29, 0.717) is 13.0 Å². The smallest absolute Gasteiger partial charge is 0.224 e. The van der Waals surface area contributed by atoms with Crippen LogP contribution in [0.2, 0.25) is 0 Å². The van der Waals surface area contributed by atoms with E-state index in [1.807, 2.05) is 40.7 Å². The Kier molecular flexibility index (Phi) is 5.78. The lowest BCUT2D eigenvalue weighted by molar-refractivity contribution is -0.134. The van der Waals surface area contributed by atoms with Gasteiger partial charge in [-0.3, -0.25) is 4.79 Å². The zero-order chi connectivity index (χ0) is 16.2. The second-order valence-electron chi connectivity index (χ2n) is 6.63. The maximum Gasteiger partial charge on any atom is 0.224 e. The third-order valence-corrected chi connectivity index (χ3v) is 3.99. The fraction of sp³-hybridized carbons (Fsp3) is 0.588.